The molecular weight excluding hydrogens is 352 g/mol. The highest BCUT2D eigenvalue weighted by Gasteiger charge is 2.77. The zero-order valence-electron chi connectivity index (χ0n) is 15.1. The van der Waals surface area contributed by atoms with Crippen LogP contribution in [0.15, 0.2) is 18.2 Å². The number of thiazole rings is 1. The molecule has 4 rings (SSSR count). The van der Waals surface area contributed by atoms with Gasteiger partial charge in [-0.15, -0.1) is 0 Å². The van der Waals surface area contributed by atoms with E-state index in [4.69, 9.17) is 4.74 Å². The lowest BCUT2D eigenvalue weighted by Crippen LogP contribution is -2.47. The predicted octanol–water partition coefficient (Wildman–Crippen LogP) is 3.21. The Labute approximate surface area is 154 Å². The molecule has 26 heavy (non-hydrogen) atoms. The van der Waals surface area contributed by atoms with Crippen molar-refractivity contribution in [2.75, 3.05) is 12.4 Å². The van der Waals surface area contributed by atoms with Crippen LogP contribution in [0.25, 0.3) is 10.2 Å². The van der Waals surface area contributed by atoms with Crippen LogP contribution in [-0.2, 0) is 14.4 Å². The number of aromatic nitrogens is 1. The molecule has 1 aromatic heterocycles. The van der Waals surface area contributed by atoms with Crippen LogP contribution in [0.1, 0.15) is 33.6 Å². The normalized spacial score (nSPS) is 29.4. The molecule has 1 heterocycles. The third kappa shape index (κ3) is 1.81. The number of ether oxygens (including phenoxy) is 1. The standard InChI is InChI=1S/C19H20N2O4S/c1-17(2)18(3)7-8-19(17,14(23)13(18)22)15(24)21-16-20-11-9-10(25-4)5-6-12(11)26-16/h5-6,9H,7-8H2,1-4H3,(H,20,21,24)/t18-,19-/m0/s1. The minimum absolute atomic E-state index is 0.394. The summed E-state index contributed by atoms with van der Waals surface area (Å²) in [6.07, 6.45) is 0.945. The maximum atomic E-state index is 13.2. The van der Waals surface area contributed by atoms with E-state index >= 15 is 0 Å². The zero-order valence-corrected chi connectivity index (χ0v) is 16.0. The summed E-state index contributed by atoms with van der Waals surface area (Å²) in [5.41, 5.74) is -2.10. The van der Waals surface area contributed by atoms with Crippen molar-refractivity contribution in [2.45, 2.75) is 33.6 Å². The van der Waals surface area contributed by atoms with Crippen LogP contribution in [-0.4, -0.2) is 29.6 Å². The first-order chi connectivity index (χ1) is 12.2. The fraction of sp³-hybridized carbons (Fsp3) is 0.474. The summed E-state index contributed by atoms with van der Waals surface area (Å²) >= 11 is 1.33. The average molecular weight is 372 g/mol. The van der Waals surface area contributed by atoms with E-state index in [1.807, 2.05) is 26.0 Å². The van der Waals surface area contributed by atoms with E-state index < -0.39 is 33.7 Å². The number of hydrogen-bond acceptors (Lipinski definition) is 6. The molecule has 2 aromatic rings. The zero-order chi connectivity index (χ0) is 18.9. The maximum Gasteiger partial charge on any atom is 0.240 e. The van der Waals surface area contributed by atoms with Crippen LogP contribution >= 0.6 is 11.3 Å². The van der Waals surface area contributed by atoms with Gasteiger partial charge in [-0.2, -0.15) is 0 Å². The van der Waals surface area contributed by atoms with Crippen LogP contribution in [0.3, 0.4) is 0 Å². The lowest BCUT2D eigenvalue weighted by atomic mass is 9.64. The Hall–Kier alpha value is -2.28. The van der Waals surface area contributed by atoms with Gasteiger partial charge >= 0.3 is 0 Å². The Morgan fingerprint density at radius 3 is 2.54 bits per heavy atom. The molecule has 2 aliphatic rings. The van der Waals surface area contributed by atoms with Crippen molar-refractivity contribution in [3.8, 4) is 5.75 Å². The second-order valence-corrected chi connectivity index (χ2v) is 8.86. The Balaban J connectivity index is 1.70. The van der Waals surface area contributed by atoms with Crippen molar-refractivity contribution in [3.05, 3.63) is 18.2 Å². The summed E-state index contributed by atoms with van der Waals surface area (Å²) < 4.78 is 6.10. The first-order valence-corrected chi connectivity index (χ1v) is 9.34. The van der Waals surface area contributed by atoms with Crippen molar-refractivity contribution in [3.63, 3.8) is 0 Å². The summed E-state index contributed by atoms with van der Waals surface area (Å²) in [7, 11) is 1.58. The predicted molar refractivity (Wildman–Crippen MR) is 98.4 cm³/mol. The second-order valence-electron chi connectivity index (χ2n) is 7.83. The van der Waals surface area contributed by atoms with E-state index in [-0.39, 0.29) is 0 Å². The number of carbonyl (C=O) groups is 3. The van der Waals surface area contributed by atoms with Gasteiger partial charge in [0, 0.05) is 11.5 Å². The molecule has 0 aliphatic heterocycles. The van der Waals surface area contributed by atoms with E-state index in [0.29, 0.717) is 29.2 Å². The van der Waals surface area contributed by atoms with Gasteiger partial charge < -0.3 is 10.1 Å². The van der Waals surface area contributed by atoms with Crippen molar-refractivity contribution in [1.29, 1.82) is 0 Å². The summed E-state index contributed by atoms with van der Waals surface area (Å²) in [4.78, 5) is 42.9. The largest absolute Gasteiger partial charge is 0.497 e. The number of nitrogens with one attached hydrogen (secondary N) is 1. The number of fused-ring (bicyclic) bond motifs is 3. The van der Waals surface area contributed by atoms with E-state index in [2.05, 4.69) is 10.3 Å². The Morgan fingerprint density at radius 1 is 1.19 bits per heavy atom. The van der Waals surface area contributed by atoms with Crippen LogP contribution in [0.4, 0.5) is 5.13 Å². The third-order valence-corrected chi connectivity index (χ3v) is 7.70. The minimum Gasteiger partial charge on any atom is -0.497 e. The highest BCUT2D eigenvalue weighted by molar-refractivity contribution is 7.22. The molecule has 2 atom stereocenters. The Kier molecular flexibility index (Phi) is 3.38. The van der Waals surface area contributed by atoms with Gasteiger partial charge in [0.1, 0.15) is 11.2 Å². The molecule has 0 unspecified atom stereocenters. The van der Waals surface area contributed by atoms with Gasteiger partial charge in [0.2, 0.25) is 17.5 Å². The molecule has 7 heteroatoms. The number of amides is 1. The van der Waals surface area contributed by atoms with Crippen molar-refractivity contribution in [2.24, 2.45) is 16.2 Å². The maximum absolute atomic E-state index is 13.2. The first-order valence-electron chi connectivity index (χ1n) is 8.53. The fourth-order valence-electron chi connectivity index (χ4n) is 4.56. The lowest BCUT2D eigenvalue weighted by Gasteiger charge is -2.36. The average Bonchev–Trinajstić information content (AvgIpc) is 3.12. The summed E-state index contributed by atoms with van der Waals surface area (Å²) in [6.45, 7) is 5.51. The van der Waals surface area contributed by atoms with Crippen molar-refractivity contribution in [1.82, 2.24) is 4.98 Å². The smallest absolute Gasteiger partial charge is 0.240 e. The van der Waals surface area contributed by atoms with Crippen molar-refractivity contribution < 1.29 is 19.1 Å². The third-order valence-electron chi connectivity index (χ3n) is 6.74. The molecule has 1 N–H and O–H groups in total. The summed E-state index contributed by atoms with van der Waals surface area (Å²) in [5.74, 6) is -0.717. The summed E-state index contributed by atoms with van der Waals surface area (Å²) in [6, 6.07) is 5.50. The molecule has 1 amide bonds. The van der Waals surface area contributed by atoms with Gasteiger partial charge in [-0.25, -0.2) is 4.98 Å². The van der Waals surface area contributed by atoms with E-state index in [1.54, 1.807) is 20.1 Å². The van der Waals surface area contributed by atoms with Gasteiger partial charge in [-0.1, -0.05) is 32.1 Å². The van der Waals surface area contributed by atoms with Gasteiger partial charge in [0.15, 0.2) is 5.13 Å². The number of anilines is 1. The number of ketones is 2. The minimum atomic E-state index is -1.31. The number of rotatable bonds is 3. The van der Waals surface area contributed by atoms with E-state index in [1.165, 1.54) is 11.3 Å². The first kappa shape index (κ1) is 17.1. The Morgan fingerprint density at radius 2 is 1.92 bits per heavy atom. The number of methoxy groups -OCH3 is 1. The molecule has 136 valence electrons. The van der Waals surface area contributed by atoms with Crippen LogP contribution < -0.4 is 10.1 Å². The number of hydrogen-bond donors (Lipinski definition) is 1. The molecule has 6 nitrogen and oxygen atoms in total. The Bertz CT molecular complexity index is 979. The van der Waals surface area contributed by atoms with Crippen LogP contribution in [0.5, 0.6) is 5.75 Å². The number of nitrogens with zero attached hydrogens (tertiary/aromatic N) is 1. The molecule has 0 spiro atoms. The molecule has 2 fully saturated rings. The van der Waals surface area contributed by atoms with Gasteiger partial charge in [-0.05, 0) is 30.4 Å². The molecule has 0 radical (unpaired) electrons. The van der Waals surface area contributed by atoms with Gasteiger partial charge in [0.05, 0.1) is 17.3 Å². The number of carbonyl (C=O) groups excluding carboxylic acids is 3. The van der Waals surface area contributed by atoms with Crippen molar-refractivity contribution >= 4 is 44.2 Å². The molecule has 0 saturated heterocycles. The highest BCUT2D eigenvalue weighted by Crippen LogP contribution is 2.69. The summed E-state index contributed by atoms with van der Waals surface area (Å²) in [5, 5.41) is 3.23. The quantitative estimate of drug-likeness (QED) is 0.660. The van der Waals surface area contributed by atoms with E-state index in [9.17, 15) is 14.4 Å². The lowest BCUT2D eigenvalue weighted by molar-refractivity contribution is -0.147. The monoisotopic (exact) mass is 372 g/mol. The second kappa shape index (κ2) is 5.13. The number of Topliss-reactive ketones (excluding diaryl/α,β-unsaturated/α-hetero) is 2. The number of benzene rings is 1. The van der Waals surface area contributed by atoms with Crippen LogP contribution in [0.2, 0.25) is 0 Å². The van der Waals surface area contributed by atoms with Gasteiger partial charge in [-0.3, -0.25) is 14.4 Å². The SMILES string of the molecule is COc1ccc2sc(NC(=O)[C@]34CC[C@@](C)(C(=O)C3=O)C4(C)C)nc2c1. The molecule has 2 saturated carbocycles. The van der Waals surface area contributed by atoms with Crippen LogP contribution in [0, 0.1) is 16.2 Å². The molecule has 1 aromatic carbocycles. The topological polar surface area (TPSA) is 85.4 Å². The molecular formula is C19H20N2O4S. The van der Waals surface area contributed by atoms with Gasteiger partial charge in [0.25, 0.3) is 0 Å². The highest BCUT2D eigenvalue weighted by atomic mass is 32.1. The van der Waals surface area contributed by atoms with E-state index in [0.717, 1.165) is 4.70 Å². The molecule has 2 aliphatic carbocycles. The molecule has 2 bridgehead atoms. The fourth-order valence-corrected chi connectivity index (χ4v) is 5.41.